The molecule has 4 rings (SSSR count). The van der Waals surface area contributed by atoms with Gasteiger partial charge in [-0.3, -0.25) is 14.2 Å². The van der Waals surface area contributed by atoms with Gasteiger partial charge in [-0.25, -0.2) is 0 Å². The number of thioether (sulfide) groups is 1. The van der Waals surface area contributed by atoms with Gasteiger partial charge in [-0.15, -0.1) is 10.2 Å². The molecule has 0 aliphatic carbocycles. The Morgan fingerprint density at radius 1 is 1.16 bits per heavy atom. The summed E-state index contributed by atoms with van der Waals surface area (Å²) >= 11 is 1.35. The fraction of sp³-hybridized carbons (Fsp3) is 0.364. The number of furan rings is 1. The number of benzene rings is 1. The van der Waals surface area contributed by atoms with Gasteiger partial charge in [0, 0.05) is 26.1 Å². The van der Waals surface area contributed by atoms with Crippen LogP contribution in [0.1, 0.15) is 24.8 Å². The monoisotopic (exact) mass is 439 g/mol. The molecule has 2 aromatic heterocycles. The number of aromatic nitrogens is 3. The Morgan fingerprint density at radius 3 is 2.77 bits per heavy atom. The van der Waals surface area contributed by atoms with Crippen molar-refractivity contribution in [1.82, 2.24) is 25.0 Å². The molecule has 0 radical (unpaired) electrons. The van der Waals surface area contributed by atoms with Gasteiger partial charge in [0.15, 0.2) is 10.9 Å². The molecule has 1 aromatic carbocycles. The second-order valence-electron chi connectivity index (χ2n) is 7.33. The van der Waals surface area contributed by atoms with Crippen molar-refractivity contribution in [3.05, 3.63) is 54.3 Å². The van der Waals surface area contributed by atoms with E-state index in [4.69, 9.17) is 4.42 Å². The fourth-order valence-corrected chi connectivity index (χ4v) is 4.28. The first-order chi connectivity index (χ1) is 15.2. The Kier molecular flexibility index (Phi) is 7.03. The van der Waals surface area contributed by atoms with Gasteiger partial charge in [0.1, 0.15) is 0 Å². The minimum atomic E-state index is -0.0634. The molecule has 0 bridgehead atoms. The third-order valence-corrected chi connectivity index (χ3v) is 6.04. The van der Waals surface area contributed by atoms with Crippen molar-refractivity contribution < 1.29 is 14.0 Å². The van der Waals surface area contributed by atoms with E-state index in [1.807, 2.05) is 51.9 Å². The first kappa shape index (κ1) is 21.2. The number of nitrogens with one attached hydrogen (secondary N) is 1. The Morgan fingerprint density at radius 2 is 2.03 bits per heavy atom. The molecule has 3 aromatic rings. The molecule has 1 aliphatic rings. The molecule has 0 saturated carbocycles. The summed E-state index contributed by atoms with van der Waals surface area (Å²) in [6.07, 6.45) is 3.94. The predicted octanol–water partition coefficient (Wildman–Crippen LogP) is 2.81. The highest BCUT2D eigenvalue weighted by molar-refractivity contribution is 7.99. The highest BCUT2D eigenvalue weighted by Crippen LogP contribution is 2.25. The molecule has 1 fully saturated rings. The van der Waals surface area contributed by atoms with Gasteiger partial charge in [0.05, 0.1) is 18.6 Å². The molecule has 8 nitrogen and oxygen atoms in total. The van der Waals surface area contributed by atoms with Crippen LogP contribution in [0.5, 0.6) is 0 Å². The van der Waals surface area contributed by atoms with Gasteiger partial charge in [0.25, 0.3) is 0 Å². The molecule has 0 unspecified atom stereocenters. The van der Waals surface area contributed by atoms with Crippen LogP contribution in [0.15, 0.2) is 58.3 Å². The summed E-state index contributed by atoms with van der Waals surface area (Å²) in [4.78, 5) is 25.8. The minimum absolute atomic E-state index is 0.0634. The highest BCUT2D eigenvalue weighted by Gasteiger charge is 2.20. The Labute approximate surface area is 185 Å². The largest absolute Gasteiger partial charge is 0.461 e. The van der Waals surface area contributed by atoms with Crippen LogP contribution in [-0.4, -0.2) is 56.9 Å². The first-order valence-electron chi connectivity index (χ1n) is 10.4. The van der Waals surface area contributed by atoms with E-state index in [0.717, 1.165) is 24.9 Å². The normalized spacial score (nSPS) is 13.7. The summed E-state index contributed by atoms with van der Waals surface area (Å²) in [5.74, 6) is 1.66. The van der Waals surface area contributed by atoms with E-state index in [1.165, 1.54) is 11.8 Å². The van der Waals surface area contributed by atoms with E-state index in [2.05, 4.69) is 15.5 Å². The van der Waals surface area contributed by atoms with Crippen LogP contribution in [0.4, 0.5) is 0 Å². The zero-order valence-electron chi connectivity index (χ0n) is 17.2. The summed E-state index contributed by atoms with van der Waals surface area (Å²) in [5, 5.41) is 12.2. The van der Waals surface area contributed by atoms with Crippen molar-refractivity contribution in [2.45, 2.75) is 31.0 Å². The van der Waals surface area contributed by atoms with Crippen molar-refractivity contribution in [2.24, 2.45) is 0 Å². The Hall–Kier alpha value is -3.07. The quantitative estimate of drug-likeness (QED) is 0.386. The molecule has 1 saturated heterocycles. The molecule has 1 aliphatic heterocycles. The van der Waals surface area contributed by atoms with E-state index < -0.39 is 0 Å². The maximum atomic E-state index is 12.3. The molecule has 162 valence electrons. The average molecular weight is 440 g/mol. The van der Waals surface area contributed by atoms with Crippen molar-refractivity contribution in [3.63, 3.8) is 0 Å². The molecule has 0 atom stereocenters. The summed E-state index contributed by atoms with van der Waals surface area (Å²) in [6.45, 7) is 2.66. The molecule has 9 heteroatoms. The summed E-state index contributed by atoms with van der Waals surface area (Å²) < 4.78 is 7.48. The standard InChI is InChI=1S/C22H25N5O3S/c28-19(23-11-6-13-26-12-4-10-20(26)29)16-31-22-25-24-21(18-9-5-14-30-18)27(22)15-17-7-2-1-3-8-17/h1-3,5,7-9,14H,4,6,10-13,15-16H2,(H,23,28). The van der Waals surface area contributed by atoms with Crippen molar-refractivity contribution >= 4 is 23.6 Å². The number of carbonyl (C=O) groups is 2. The molecule has 2 amide bonds. The molecular weight excluding hydrogens is 414 g/mol. The fourth-order valence-electron chi connectivity index (χ4n) is 3.51. The van der Waals surface area contributed by atoms with Crippen molar-refractivity contribution in [1.29, 1.82) is 0 Å². The van der Waals surface area contributed by atoms with Gasteiger partial charge in [-0.05, 0) is 30.5 Å². The lowest BCUT2D eigenvalue weighted by molar-refractivity contribution is -0.127. The number of amides is 2. The molecular formula is C22H25N5O3S. The average Bonchev–Trinajstić information content (AvgIpc) is 3.52. The number of hydrogen-bond donors (Lipinski definition) is 1. The highest BCUT2D eigenvalue weighted by atomic mass is 32.2. The zero-order chi connectivity index (χ0) is 21.5. The number of carbonyl (C=O) groups excluding carboxylic acids is 2. The van der Waals surface area contributed by atoms with Gasteiger partial charge in [0.2, 0.25) is 17.6 Å². The third-order valence-electron chi connectivity index (χ3n) is 5.07. The van der Waals surface area contributed by atoms with Crippen LogP contribution in [0.2, 0.25) is 0 Å². The maximum Gasteiger partial charge on any atom is 0.230 e. The first-order valence-corrected chi connectivity index (χ1v) is 11.4. The lowest BCUT2D eigenvalue weighted by Crippen LogP contribution is -2.31. The SMILES string of the molecule is O=C(CSc1nnc(-c2ccco2)n1Cc1ccccc1)NCCCN1CCCC1=O. The van der Waals surface area contributed by atoms with Crippen LogP contribution >= 0.6 is 11.8 Å². The van der Waals surface area contributed by atoms with Gasteiger partial charge in [-0.1, -0.05) is 42.1 Å². The van der Waals surface area contributed by atoms with Crippen molar-refractivity contribution in [2.75, 3.05) is 25.4 Å². The van der Waals surface area contributed by atoms with Crippen molar-refractivity contribution in [3.8, 4) is 11.6 Å². The van der Waals surface area contributed by atoms with E-state index in [1.54, 1.807) is 6.26 Å². The maximum absolute atomic E-state index is 12.3. The van der Waals surface area contributed by atoms with Crippen LogP contribution < -0.4 is 5.32 Å². The number of hydrogen-bond acceptors (Lipinski definition) is 6. The second kappa shape index (κ2) is 10.3. The van der Waals surface area contributed by atoms with Crippen LogP contribution in [-0.2, 0) is 16.1 Å². The van der Waals surface area contributed by atoms with Crippen LogP contribution in [0.25, 0.3) is 11.6 Å². The molecule has 3 heterocycles. The Balaban J connectivity index is 1.33. The summed E-state index contributed by atoms with van der Waals surface area (Å²) in [6, 6.07) is 13.7. The van der Waals surface area contributed by atoms with Gasteiger partial charge < -0.3 is 14.6 Å². The van der Waals surface area contributed by atoms with E-state index in [0.29, 0.717) is 42.8 Å². The van der Waals surface area contributed by atoms with E-state index >= 15 is 0 Å². The topological polar surface area (TPSA) is 93.3 Å². The lowest BCUT2D eigenvalue weighted by Gasteiger charge is -2.15. The van der Waals surface area contributed by atoms with Crippen LogP contribution in [0.3, 0.4) is 0 Å². The van der Waals surface area contributed by atoms with Crippen LogP contribution in [0, 0.1) is 0 Å². The third kappa shape index (κ3) is 5.55. The summed E-state index contributed by atoms with van der Waals surface area (Å²) in [7, 11) is 0. The lowest BCUT2D eigenvalue weighted by atomic mass is 10.2. The minimum Gasteiger partial charge on any atom is -0.461 e. The molecule has 31 heavy (non-hydrogen) atoms. The predicted molar refractivity (Wildman–Crippen MR) is 117 cm³/mol. The molecule has 0 spiro atoms. The van der Waals surface area contributed by atoms with E-state index in [-0.39, 0.29) is 17.6 Å². The number of likely N-dealkylation sites (tertiary alicyclic amines) is 1. The number of nitrogens with zero attached hydrogens (tertiary/aromatic N) is 4. The van der Waals surface area contributed by atoms with Gasteiger partial charge >= 0.3 is 0 Å². The van der Waals surface area contributed by atoms with Gasteiger partial charge in [-0.2, -0.15) is 0 Å². The number of rotatable bonds is 10. The smallest absolute Gasteiger partial charge is 0.230 e. The molecule has 1 N–H and O–H groups in total. The Bertz CT molecular complexity index is 1000. The summed E-state index contributed by atoms with van der Waals surface area (Å²) in [5.41, 5.74) is 1.11. The zero-order valence-corrected chi connectivity index (χ0v) is 18.0. The van der Waals surface area contributed by atoms with E-state index in [9.17, 15) is 9.59 Å². The second-order valence-corrected chi connectivity index (χ2v) is 8.27.